The number of aryl methyl sites for hydroxylation is 1. The molecule has 0 spiro atoms. The van der Waals surface area contributed by atoms with Crippen molar-refractivity contribution >= 4 is 17.8 Å². The topological polar surface area (TPSA) is 157 Å². The van der Waals surface area contributed by atoms with E-state index in [2.05, 4.69) is 20.7 Å². The van der Waals surface area contributed by atoms with E-state index in [0.29, 0.717) is 29.3 Å². The van der Waals surface area contributed by atoms with Gasteiger partial charge in [-0.3, -0.25) is 4.79 Å². The van der Waals surface area contributed by atoms with Gasteiger partial charge in [-0.05, 0) is 89.1 Å². The fourth-order valence-electron chi connectivity index (χ4n) is 4.48. The Morgan fingerprint density at radius 3 is 2.52 bits per heavy atom. The summed E-state index contributed by atoms with van der Waals surface area (Å²) >= 11 is 0. The van der Waals surface area contributed by atoms with Gasteiger partial charge in [0.25, 0.3) is 5.91 Å². The molecule has 0 saturated heterocycles. The number of alkyl carbamates (subject to hydrolysis) is 1. The van der Waals surface area contributed by atoms with E-state index in [4.69, 9.17) is 21.1 Å². The molecule has 1 aliphatic rings. The number of pyridine rings is 1. The molecule has 2 amide bonds. The van der Waals surface area contributed by atoms with E-state index >= 15 is 0 Å². The standard InChI is InChI=1S/C28H40FN7O4/c1-17-12-20(14-23(33-17)26(37)32-15-19-8-11-22(29)24(13-19)39-5)25(30)35-36(31)16-18-6-9-21(10-7-18)34-27(38)40-28(2,3)4/h8,11-14,18,21H,6-7,9-10,15-16,31H2,1-5H3,(H2,30,35)(H,32,37)(H,34,38). The second-order valence-electron chi connectivity index (χ2n) is 11.0. The lowest BCUT2D eigenvalue weighted by Gasteiger charge is -2.31. The average Bonchev–Trinajstić information content (AvgIpc) is 2.87. The molecule has 11 nitrogen and oxygen atoms in total. The molecule has 218 valence electrons. The first kappa shape index (κ1) is 30.6. The van der Waals surface area contributed by atoms with Gasteiger partial charge in [0.2, 0.25) is 0 Å². The van der Waals surface area contributed by atoms with E-state index in [-0.39, 0.29) is 29.9 Å². The van der Waals surface area contributed by atoms with Crippen LogP contribution in [0.1, 0.15) is 73.8 Å². The van der Waals surface area contributed by atoms with Crippen LogP contribution < -0.4 is 26.9 Å². The highest BCUT2D eigenvalue weighted by atomic mass is 19.1. The average molecular weight is 558 g/mol. The largest absolute Gasteiger partial charge is 0.494 e. The number of amides is 2. The number of amidine groups is 1. The summed E-state index contributed by atoms with van der Waals surface area (Å²) in [6.07, 6.45) is 3.00. The first-order chi connectivity index (χ1) is 18.8. The molecule has 1 heterocycles. The molecule has 2 aromatic rings. The number of hydrogen-bond donors (Lipinski definition) is 4. The van der Waals surface area contributed by atoms with Crippen molar-refractivity contribution in [1.82, 2.24) is 20.7 Å². The molecular weight excluding hydrogens is 517 g/mol. The summed E-state index contributed by atoms with van der Waals surface area (Å²) in [5, 5.41) is 11.3. The zero-order valence-electron chi connectivity index (χ0n) is 23.8. The fourth-order valence-corrected chi connectivity index (χ4v) is 4.48. The molecule has 1 aromatic carbocycles. The number of hydrogen-bond acceptors (Lipinski definition) is 8. The van der Waals surface area contributed by atoms with Gasteiger partial charge in [0.15, 0.2) is 17.4 Å². The number of hydrazone groups is 1. The molecule has 1 fully saturated rings. The van der Waals surface area contributed by atoms with Gasteiger partial charge in [-0.25, -0.2) is 25.1 Å². The monoisotopic (exact) mass is 557 g/mol. The molecule has 0 atom stereocenters. The van der Waals surface area contributed by atoms with E-state index < -0.39 is 23.4 Å². The third kappa shape index (κ3) is 9.37. The van der Waals surface area contributed by atoms with E-state index in [1.165, 1.54) is 24.4 Å². The molecule has 1 saturated carbocycles. The fraction of sp³-hybridized carbons (Fsp3) is 0.500. The summed E-state index contributed by atoms with van der Waals surface area (Å²) in [4.78, 5) is 29.1. The predicted molar refractivity (Wildman–Crippen MR) is 150 cm³/mol. The van der Waals surface area contributed by atoms with Crippen LogP contribution in [0.5, 0.6) is 5.75 Å². The normalized spacial score (nSPS) is 17.6. The summed E-state index contributed by atoms with van der Waals surface area (Å²) in [5.74, 6) is 5.82. The van der Waals surface area contributed by atoms with Gasteiger partial charge in [-0.2, -0.15) is 0 Å². The molecular formula is C28H40FN7O4. The number of methoxy groups -OCH3 is 1. The highest BCUT2D eigenvalue weighted by Crippen LogP contribution is 2.25. The van der Waals surface area contributed by atoms with Crippen LogP contribution in [0.2, 0.25) is 0 Å². The van der Waals surface area contributed by atoms with E-state index in [0.717, 1.165) is 25.7 Å². The molecule has 0 radical (unpaired) electrons. The Morgan fingerprint density at radius 2 is 1.88 bits per heavy atom. The maximum Gasteiger partial charge on any atom is 0.407 e. The second kappa shape index (κ2) is 13.4. The van der Waals surface area contributed by atoms with Gasteiger partial charge in [0, 0.05) is 23.8 Å². The van der Waals surface area contributed by atoms with Gasteiger partial charge in [0.05, 0.1) is 13.7 Å². The van der Waals surface area contributed by atoms with Crippen LogP contribution in [0.4, 0.5) is 9.18 Å². The first-order valence-electron chi connectivity index (χ1n) is 13.3. The number of rotatable bonds is 9. The number of carbonyl (C=O) groups excluding carboxylic acids is 2. The minimum atomic E-state index is -0.532. The van der Waals surface area contributed by atoms with Crippen molar-refractivity contribution in [1.29, 1.82) is 0 Å². The van der Waals surface area contributed by atoms with Gasteiger partial charge < -0.3 is 25.8 Å². The Morgan fingerprint density at radius 1 is 1.18 bits per heavy atom. The molecule has 1 aliphatic carbocycles. The zero-order chi connectivity index (χ0) is 29.4. The Bertz CT molecular complexity index is 1220. The SMILES string of the molecule is COc1cc(CNC(=O)c2cc(/C(N)=N/N(N)CC3CCC(NC(=O)OC(C)(C)C)CC3)cc(C)n2)ccc1F. The minimum absolute atomic E-state index is 0.0698. The van der Waals surface area contributed by atoms with Crippen LogP contribution in [-0.4, -0.2) is 53.2 Å². The van der Waals surface area contributed by atoms with E-state index in [9.17, 15) is 14.0 Å². The molecule has 12 heteroatoms. The summed E-state index contributed by atoms with van der Waals surface area (Å²) in [6, 6.07) is 7.72. The number of nitrogens with one attached hydrogen (secondary N) is 2. The lowest BCUT2D eigenvalue weighted by atomic mass is 9.86. The van der Waals surface area contributed by atoms with Crippen molar-refractivity contribution in [2.75, 3.05) is 13.7 Å². The Hall–Kier alpha value is -3.93. The van der Waals surface area contributed by atoms with E-state index in [1.807, 2.05) is 20.8 Å². The minimum Gasteiger partial charge on any atom is -0.494 e. The molecule has 40 heavy (non-hydrogen) atoms. The number of benzene rings is 1. The number of nitrogens with two attached hydrogens (primary N) is 2. The summed E-state index contributed by atoms with van der Waals surface area (Å²) < 4.78 is 24.0. The van der Waals surface area contributed by atoms with Crippen molar-refractivity contribution in [3.05, 3.63) is 58.7 Å². The Labute approximate surface area is 234 Å². The van der Waals surface area contributed by atoms with Crippen LogP contribution in [-0.2, 0) is 11.3 Å². The summed E-state index contributed by atoms with van der Waals surface area (Å²) in [6.45, 7) is 7.92. The summed E-state index contributed by atoms with van der Waals surface area (Å²) in [7, 11) is 1.38. The van der Waals surface area contributed by atoms with Crippen molar-refractivity contribution in [3.8, 4) is 5.75 Å². The number of ether oxygens (including phenoxy) is 2. The van der Waals surface area contributed by atoms with Gasteiger partial charge in [0.1, 0.15) is 11.3 Å². The van der Waals surface area contributed by atoms with Crippen molar-refractivity contribution < 1.29 is 23.5 Å². The van der Waals surface area contributed by atoms with Crippen LogP contribution in [0, 0.1) is 18.7 Å². The summed E-state index contributed by atoms with van der Waals surface area (Å²) in [5.41, 5.74) is 7.65. The van der Waals surface area contributed by atoms with Crippen molar-refractivity contribution in [2.45, 2.75) is 71.6 Å². The van der Waals surface area contributed by atoms with E-state index in [1.54, 1.807) is 25.1 Å². The Kier molecular flexibility index (Phi) is 10.3. The molecule has 1 aromatic heterocycles. The van der Waals surface area contributed by atoms with Gasteiger partial charge >= 0.3 is 6.09 Å². The highest BCUT2D eigenvalue weighted by molar-refractivity contribution is 6.00. The quantitative estimate of drug-likeness (QED) is 0.158. The number of halogens is 1. The molecule has 3 rings (SSSR count). The third-order valence-corrected chi connectivity index (χ3v) is 6.40. The van der Waals surface area contributed by atoms with Gasteiger partial charge in [-0.1, -0.05) is 6.07 Å². The zero-order valence-corrected chi connectivity index (χ0v) is 23.8. The molecule has 0 unspecified atom stereocenters. The maximum atomic E-state index is 13.6. The molecule has 0 bridgehead atoms. The lowest BCUT2D eigenvalue weighted by Crippen LogP contribution is -2.42. The lowest BCUT2D eigenvalue weighted by molar-refractivity contribution is 0.0483. The van der Waals surface area contributed by atoms with Crippen molar-refractivity contribution in [2.24, 2.45) is 22.6 Å². The smallest absolute Gasteiger partial charge is 0.407 e. The van der Waals surface area contributed by atoms with Crippen LogP contribution in [0.25, 0.3) is 0 Å². The van der Waals surface area contributed by atoms with Gasteiger partial charge in [-0.15, -0.1) is 5.10 Å². The molecule has 6 N–H and O–H groups in total. The second-order valence-corrected chi connectivity index (χ2v) is 11.0. The maximum absolute atomic E-state index is 13.6. The highest BCUT2D eigenvalue weighted by Gasteiger charge is 2.25. The van der Waals surface area contributed by atoms with Crippen LogP contribution in [0.3, 0.4) is 0 Å². The predicted octanol–water partition coefficient (Wildman–Crippen LogP) is 3.35. The number of nitrogens with zero attached hydrogens (tertiary/aromatic N) is 3. The Balaban J connectivity index is 1.54. The van der Waals surface area contributed by atoms with Crippen molar-refractivity contribution in [3.63, 3.8) is 0 Å². The number of hydrazine groups is 1. The van der Waals surface area contributed by atoms with Crippen LogP contribution >= 0.6 is 0 Å². The molecule has 0 aliphatic heterocycles. The van der Waals surface area contributed by atoms with Crippen LogP contribution in [0.15, 0.2) is 35.4 Å². The third-order valence-electron chi connectivity index (χ3n) is 6.40. The number of aromatic nitrogens is 1. The number of carbonyl (C=O) groups is 2. The first-order valence-corrected chi connectivity index (χ1v) is 13.3.